The van der Waals surface area contributed by atoms with Crippen molar-refractivity contribution in [2.75, 3.05) is 12.4 Å². The van der Waals surface area contributed by atoms with Crippen molar-refractivity contribution in [1.29, 1.82) is 0 Å². The predicted octanol–water partition coefficient (Wildman–Crippen LogP) is 4.18. The van der Waals surface area contributed by atoms with Crippen LogP contribution in [0.2, 0.25) is 0 Å². The lowest BCUT2D eigenvalue weighted by atomic mass is 10.1. The predicted molar refractivity (Wildman–Crippen MR) is 98.8 cm³/mol. The molecule has 2 N–H and O–H groups in total. The van der Waals surface area contributed by atoms with E-state index in [0.29, 0.717) is 17.1 Å². The van der Waals surface area contributed by atoms with Gasteiger partial charge in [-0.05, 0) is 29.8 Å². The third kappa shape index (κ3) is 3.19. The summed E-state index contributed by atoms with van der Waals surface area (Å²) in [5.41, 5.74) is 1.62. The second-order valence-electron chi connectivity index (χ2n) is 6.08. The minimum atomic E-state index is -0.756. The Labute approximate surface area is 153 Å². The summed E-state index contributed by atoms with van der Waals surface area (Å²) in [6.45, 7) is 0. The van der Waals surface area contributed by atoms with Crippen LogP contribution < -0.4 is 10.1 Å². The SMILES string of the molecule is COc1ccc2c(c1)[nH]c1c(NC(=O)Cc3ccc(F)cc3F)nccc12. The number of amides is 1. The van der Waals surface area contributed by atoms with Crippen LogP contribution in [-0.2, 0) is 11.2 Å². The molecule has 4 rings (SSSR count). The van der Waals surface area contributed by atoms with E-state index >= 15 is 0 Å². The molecule has 5 nitrogen and oxygen atoms in total. The fourth-order valence-corrected chi connectivity index (χ4v) is 3.05. The number of aromatic amines is 1. The fraction of sp³-hybridized carbons (Fsp3) is 0.100. The summed E-state index contributed by atoms with van der Waals surface area (Å²) in [5.74, 6) is -0.836. The van der Waals surface area contributed by atoms with Gasteiger partial charge in [0.05, 0.1) is 24.6 Å². The monoisotopic (exact) mass is 367 g/mol. The number of carbonyl (C=O) groups excluding carboxylic acids is 1. The van der Waals surface area contributed by atoms with Crippen molar-refractivity contribution < 1.29 is 18.3 Å². The van der Waals surface area contributed by atoms with E-state index in [-0.39, 0.29) is 12.0 Å². The molecule has 0 unspecified atom stereocenters. The van der Waals surface area contributed by atoms with E-state index in [2.05, 4.69) is 15.3 Å². The zero-order valence-electron chi connectivity index (χ0n) is 14.3. The van der Waals surface area contributed by atoms with Crippen molar-refractivity contribution in [3.8, 4) is 5.75 Å². The summed E-state index contributed by atoms with van der Waals surface area (Å²) in [6.07, 6.45) is 1.37. The zero-order valence-corrected chi connectivity index (χ0v) is 14.3. The first-order valence-electron chi connectivity index (χ1n) is 8.23. The number of hydrogen-bond acceptors (Lipinski definition) is 3. The number of benzene rings is 2. The summed E-state index contributed by atoms with van der Waals surface area (Å²) < 4.78 is 32.0. The maximum absolute atomic E-state index is 13.8. The van der Waals surface area contributed by atoms with Crippen molar-refractivity contribution in [1.82, 2.24) is 9.97 Å². The Morgan fingerprint density at radius 3 is 2.78 bits per heavy atom. The third-order valence-corrected chi connectivity index (χ3v) is 4.35. The highest BCUT2D eigenvalue weighted by Gasteiger charge is 2.14. The summed E-state index contributed by atoms with van der Waals surface area (Å²) >= 11 is 0. The van der Waals surface area contributed by atoms with Gasteiger partial charge in [-0.1, -0.05) is 6.07 Å². The van der Waals surface area contributed by atoms with Crippen molar-refractivity contribution >= 4 is 33.5 Å². The molecule has 0 fully saturated rings. The summed E-state index contributed by atoms with van der Waals surface area (Å²) in [6, 6.07) is 10.6. The highest BCUT2D eigenvalue weighted by atomic mass is 19.1. The third-order valence-electron chi connectivity index (χ3n) is 4.35. The molecular formula is C20H15F2N3O2. The van der Waals surface area contributed by atoms with Crippen LogP contribution in [-0.4, -0.2) is 23.0 Å². The Kier molecular flexibility index (Phi) is 4.19. The van der Waals surface area contributed by atoms with Crippen LogP contribution in [0, 0.1) is 11.6 Å². The quantitative estimate of drug-likeness (QED) is 0.569. The molecule has 0 saturated heterocycles. The molecule has 2 aromatic carbocycles. The van der Waals surface area contributed by atoms with Crippen molar-refractivity contribution in [3.05, 3.63) is 65.9 Å². The van der Waals surface area contributed by atoms with Crippen LogP contribution in [0.25, 0.3) is 21.8 Å². The van der Waals surface area contributed by atoms with Crippen LogP contribution in [0.4, 0.5) is 14.6 Å². The van der Waals surface area contributed by atoms with E-state index in [1.807, 2.05) is 24.3 Å². The number of carbonyl (C=O) groups is 1. The molecule has 27 heavy (non-hydrogen) atoms. The normalized spacial score (nSPS) is 11.1. The van der Waals surface area contributed by atoms with Gasteiger partial charge in [0.1, 0.15) is 17.4 Å². The number of H-pyrrole nitrogens is 1. The van der Waals surface area contributed by atoms with Gasteiger partial charge >= 0.3 is 0 Å². The number of ether oxygens (including phenoxy) is 1. The van der Waals surface area contributed by atoms with E-state index in [4.69, 9.17) is 4.74 Å². The molecule has 0 aliphatic carbocycles. The number of pyridine rings is 1. The zero-order chi connectivity index (χ0) is 19.0. The van der Waals surface area contributed by atoms with E-state index in [9.17, 15) is 13.6 Å². The largest absolute Gasteiger partial charge is 0.497 e. The number of hydrogen-bond donors (Lipinski definition) is 2. The van der Waals surface area contributed by atoms with Gasteiger partial charge < -0.3 is 15.0 Å². The lowest BCUT2D eigenvalue weighted by molar-refractivity contribution is -0.115. The Morgan fingerprint density at radius 2 is 2.00 bits per heavy atom. The Morgan fingerprint density at radius 1 is 1.15 bits per heavy atom. The molecule has 0 radical (unpaired) electrons. The van der Waals surface area contributed by atoms with Crippen LogP contribution in [0.15, 0.2) is 48.7 Å². The molecule has 4 aromatic rings. The van der Waals surface area contributed by atoms with Gasteiger partial charge in [-0.3, -0.25) is 4.79 Å². The minimum Gasteiger partial charge on any atom is -0.497 e. The number of anilines is 1. The molecule has 0 spiro atoms. The van der Waals surface area contributed by atoms with Gasteiger partial charge in [-0.25, -0.2) is 13.8 Å². The van der Waals surface area contributed by atoms with Crippen molar-refractivity contribution in [3.63, 3.8) is 0 Å². The number of aromatic nitrogens is 2. The van der Waals surface area contributed by atoms with Crippen molar-refractivity contribution in [2.24, 2.45) is 0 Å². The standard InChI is InChI=1S/C20H15F2N3O2/c1-27-13-4-5-14-15-6-7-23-20(19(15)24-17(14)10-13)25-18(26)8-11-2-3-12(21)9-16(11)22/h2-7,9-10,24H,8H2,1H3,(H,23,25,26). The van der Waals surface area contributed by atoms with Gasteiger partial charge in [0.2, 0.25) is 5.91 Å². The van der Waals surface area contributed by atoms with E-state index < -0.39 is 17.5 Å². The van der Waals surface area contributed by atoms with Crippen molar-refractivity contribution in [2.45, 2.75) is 6.42 Å². The van der Waals surface area contributed by atoms with Gasteiger partial charge in [0.15, 0.2) is 5.82 Å². The Hall–Kier alpha value is -3.48. The molecule has 0 aliphatic heterocycles. The summed E-state index contributed by atoms with van der Waals surface area (Å²) in [5, 5.41) is 4.55. The smallest absolute Gasteiger partial charge is 0.230 e. The maximum Gasteiger partial charge on any atom is 0.230 e. The first-order chi connectivity index (χ1) is 13.0. The van der Waals surface area contributed by atoms with Gasteiger partial charge in [-0.2, -0.15) is 0 Å². The number of fused-ring (bicyclic) bond motifs is 3. The van der Waals surface area contributed by atoms with Crippen LogP contribution in [0.5, 0.6) is 5.75 Å². The van der Waals surface area contributed by atoms with Gasteiger partial charge in [-0.15, -0.1) is 0 Å². The molecule has 0 bridgehead atoms. The fourth-order valence-electron chi connectivity index (χ4n) is 3.05. The van der Waals surface area contributed by atoms with Crippen LogP contribution in [0.3, 0.4) is 0 Å². The number of nitrogens with one attached hydrogen (secondary N) is 2. The first kappa shape index (κ1) is 17.0. The topological polar surface area (TPSA) is 67.0 Å². The summed E-state index contributed by atoms with van der Waals surface area (Å²) in [4.78, 5) is 19.8. The number of methoxy groups -OCH3 is 1. The minimum absolute atomic E-state index is 0.113. The van der Waals surface area contributed by atoms with E-state index in [1.165, 1.54) is 6.07 Å². The molecule has 0 aliphatic rings. The van der Waals surface area contributed by atoms with Gasteiger partial charge in [0, 0.05) is 29.1 Å². The molecule has 1 amide bonds. The van der Waals surface area contributed by atoms with Gasteiger partial charge in [0.25, 0.3) is 0 Å². The molecule has 7 heteroatoms. The first-order valence-corrected chi connectivity index (χ1v) is 8.23. The molecular weight excluding hydrogens is 352 g/mol. The molecule has 0 saturated carbocycles. The van der Waals surface area contributed by atoms with E-state index in [0.717, 1.165) is 28.4 Å². The van der Waals surface area contributed by atoms with Crippen LogP contribution in [0.1, 0.15) is 5.56 Å². The second-order valence-corrected chi connectivity index (χ2v) is 6.08. The average Bonchev–Trinajstić information content (AvgIpc) is 3.03. The number of nitrogens with zero attached hydrogens (tertiary/aromatic N) is 1. The molecule has 0 atom stereocenters. The number of halogens is 2. The maximum atomic E-state index is 13.8. The average molecular weight is 367 g/mol. The number of rotatable bonds is 4. The highest BCUT2D eigenvalue weighted by Crippen LogP contribution is 2.31. The Balaban J connectivity index is 1.66. The second kappa shape index (κ2) is 6.68. The molecule has 2 aromatic heterocycles. The molecule has 2 heterocycles. The van der Waals surface area contributed by atoms with Crippen LogP contribution >= 0.6 is 0 Å². The lowest BCUT2D eigenvalue weighted by Crippen LogP contribution is -2.16. The molecule has 136 valence electrons. The lowest BCUT2D eigenvalue weighted by Gasteiger charge is -2.06. The highest BCUT2D eigenvalue weighted by molar-refractivity contribution is 6.12. The van der Waals surface area contributed by atoms with E-state index in [1.54, 1.807) is 13.3 Å². The Bertz CT molecular complexity index is 1170. The summed E-state index contributed by atoms with van der Waals surface area (Å²) in [7, 11) is 1.59.